The van der Waals surface area contributed by atoms with Gasteiger partial charge in [0.25, 0.3) is 0 Å². The summed E-state index contributed by atoms with van der Waals surface area (Å²) in [6, 6.07) is 9.92. The van der Waals surface area contributed by atoms with Crippen LogP contribution in [0.15, 0.2) is 24.3 Å². The normalized spacial score (nSPS) is 14.2. The highest BCUT2D eigenvalue weighted by Crippen LogP contribution is 2.72. The molecule has 0 aliphatic carbocycles. The van der Waals surface area contributed by atoms with Gasteiger partial charge in [0.05, 0.1) is 0 Å². The Hall–Kier alpha value is -0.440. The third kappa shape index (κ3) is 4.18. The summed E-state index contributed by atoms with van der Waals surface area (Å²) in [5.41, 5.74) is 0.913. The van der Waals surface area contributed by atoms with E-state index in [0.29, 0.717) is 0 Å². The van der Waals surface area contributed by atoms with Crippen molar-refractivity contribution in [3.63, 3.8) is 0 Å². The Bertz CT molecular complexity index is 641. The van der Waals surface area contributed by atoms with Gasteiger partial charge in [-0.25, -0.2) is 0 Å². The van der Waals surface area contributed by atoms with Gasteiger partial charge < -0.3 is 0 Å². The molecule has 0 spiro atoms. The first-order valence-corrected chi connectivity index (χ1v) is 13.3. The van der Waals surface area contributed by atoms with E-state index < -0.39 is 0 Å². The van der Waals surface area contributed by atoms with E-state index in [4.69, 9.17) is 0 Å². The third-order valence-corrected chi connectivity index (χ3v) is 14.3. The van der Waals surface area contributed by atoms with Gasteiger partial charge >= 0.3 is 0 Å². The summed E-state index contributed by atoms with van der Waals surface area (Å²) in [5, 5.41) is 6.76. The average Bonchev–Trinajstić information content (AvgIpc) is 2.99. The van der Waals surface area contributed by atoms with Crippen molar-refractivity contribution in [3.8, 4) is 0 Å². The van der Waals surface area contributed by atoms with Crippen LogP contribution in [0, 0.1) is 0 Å². The minimum absolute atomic E-state index is 0.228. The van der Waals surface area contributed by atoms with Crippen LogP contribution in [0.25, 0.3) is 0 Å². The Kier molecular flexibility index (Phi) is 5.52. The largest absolute Gasteiger partial charge is 0.0683 e. The molecule has 0 aromatic carbocycles. The van der Waals surface area contributed by atoms with E-state index in [1.54, 1.807) is 21.2 Å². The van der Waals surface area contributed by atoms with Gasteiger partial charge in [0.2, 0.25) is 0 Å². The van der Waals surface area contributed by atoms with Crippen molar-refractivity contribution in [3.05, 3.63) is 45.4 Å². The molecular weight excluding hydrogens is 350 g/mol. The highest BCUT2D eigenvalue weighted by atomic mass is 32.0. The summed E-state index contributed by atoms with van der Waals surface area (Å²) in [7, 11) is -0.612. The minimum Gasteiger partial charge on any atom is -0.0683 e. The van der Waals surface area contributed by atoms with Crippen LogP contribution in [0.3, 0.4) is 0 Å². The molecule has 0 amide bonds. The lowest BCUT2D eigenvalue weighted by Crippen LogP contribution is -2.13. The lowest BCUT2D eigenvalue weighted by molar-refractivity contribution is 0.599. The van der Waals surface area contributed by atoms with Gasteiger partial charge in [0, 0.05) is 0 Å². The zero-order chi connectivity index (χ0) is 20.3. The fourth-order valence-corrected chi connectivity index (χ4v) is 15.3. The van der Waals surface area contributed by atoms with Crippen LogP contribution in [0.4, 0.5) is 0 Å². The van der Waals surface area contributed by atoms with Crippen LogP contribution in [0.1, 0.15) is 104 Å². The lowest BCUT2D eigenvalue weighted by atomic mass is 9.93. The molecule has 146 valence electrons. The van der Waals surface area contributed by atoms with E-state index in [1.807, 2.05) is 0 Å². The molecule has 0 N–H and O–H groups in total. The summed E-state index contributed by atoms with van der Waals surface area (Å²) in [4.78, 5) is 0. The van der Waals surface area contributed by atoms with Crippen molar-refractivity contribution in [1.82, 2.24) is 0 Å². The SMILES string of the molecule is CC(C)(C)c1ccc(C(C)(C)C)p1-p1c(C(C)(C)C)ccc1C(C)(C)C. The van der Waals surface area contributed by atoms with Gasteiger partial charge in [-0.2, -0.15) is 0 Å². The van der Waals surface area contributed by atoms with E-state index in [0.717, 1.165) is 0 Å². The molecule has 0 unspecified atom stereocenters. The molecule has 2 rings (SSSR count). The maximum Gasteiger partial charge on any atom is -0.00883 e. The molecule has 0 atom stereocenters. The number of hydrogen-bond donors (Lipinski definition) is 0. The van der Waals surface area contributed by atoms with Crippen LogP contribution < -0.4 is 0 Å². The fraction of sp³-hybridized carbons (Fsp3) is 0.667. The third-order valence-electron chi connectivity index (χ3n) is 4.98. The lowest BCUT2D eigenvalue weighted by Gasteiger charge is -2.32. The van der Waals surface area contributed by atoms with Crippen molar-refractivity contribution in [2.45, 2.75) is 105 Å². The van der Waals surface area contributed by atoms with Gasteiger partial charge in [0.1, 0.15) is 0 Å². The molecule has 0 radical (unpaired) electrons. The van der Waals surface area contributed by atoms with Crippen molar-refractivity contribution in [2.24, 2.45) is 0 Å². The Morgan fingerprint density at radius 3 is 0.654 bits per heavy atom. The van der Waals surface area contributed by atoms with E-state index in [9.17, 15) is 0 Å². The molecule has 0 saturated carbocycles. The molecule has 0 saturated heterocycles. The van der Waals surface area contributed by atoms with E-state index in [2.05, 4.69) is 107 Å². The Morgan fingerprint density at radius 2 is 0.538 bits per heavy atom. The fourth-order valence-electron chi connectivity index (χ4n) is 3.56. The monoisotopic (exact) mass is 390 g/mol. The molecule has 2 heteroatoms. The summed E-state index contributed by atoms with van der Waals surface area (Å²) in [6.07, 6.45) is 0. The molecule has 0 bridgehead atoms. The van der Waals surface area contributed by atoms with Gasteiger partial charge in [-0.1, -0.05) is 122 Å². The molecular formula is C24H40P2. The minimum atomic E-state index is -0.306. The van der Waals surface area contributed by atoms with Gasteiger partial charge in [-0.05, 0) is 42.8 Å². The predicted molar refractivity (Wildman–Crippen MR) is 124 cm³/mol. The molecule has 26 heavy (non-hydrogen) atoms. The zero-order valence-corrected chi connectivity index (χ0v) is 21.0. The number of hydrogen-bond acceptors (Lipinski definition) is 0. The van der Waals surface area contributed by atoms with E-state index in [1.165, 1.54) is 0 Å². The maximum atomic E-state index is 2.48. The highest BCUT2D eigenvalue weighted by molar-refractivity contribution is 8.23. The second kappa shape index (κ2) is 6.57. The summed E-state index contributed by atoms with van der Waals surface area (Å²) in [6.45, 7) is 28.8. The van der Waals surface area contributed by atoms with Crippen molar-refractivity contribution >= 4 is 14.4 Å². The Labute approximate surface area is 164 Å². The van der Waals surface area contributed by atoms with Crippen molar-refractivity contribution in [1.29, 1.82) is 0 Å². The summed E-state index contributed by atoms with van der Waals surface area (Å²) < 4.78 is 0. The molecule has 0 nitrogen and oxygen atoms in total. The van der Waals surface area contributed by atoms with Gasteiger partial charge in [-0.15, -0.1) is 0 Å². The van der Waals surface area contributed by atoms with Crippen LogP contribution >= 0.6 is 14.4 Å². The summed E-state index contributed by atoms with van der Waals surface area (Å²) in [5.74, 6) is 0. The standard InChI is InChI=1S/C24H40P2/c1-21(2,3)17-13-14-18(22(4,5)6)25(17)26-19(23(7,8)9)15-16-20(26)24(10,11)12/h13-16H,1-12H3. The molecule has 2 aromatic rings. The Balaban J connectivity index is 3.00. The second-order valence-electron chi connectivity index (χ2n) is 11.8. The molecule has 2 aromatic heterocycles. The van der Waals surface area contributed by atoms with Gasteiger partial charge in [0.15, 0.2) is 0 Å². The van der Waals surface area contributed by atoms with Crippen LogP contribution in [0.5, 0.6) is 0 Å². The topological polar surface area (TPSA) is 0 Å². The van der Waals surface area contributed by atoms with Crippen molar-refractivity contribution < 1.29 is 0 Å². The average molecular weight is 391 g/mol. The quantitative estimate of drug-likeness (QED) is 0.455. The van der Waals surface area contributed by atoms with Crippen molar-refractivity contribution in [2.75, 3.05) is 0 Å². The predicted octanol–water partition coefficient (Wildman–Crippen LogP) is 9.16. The number of rotatable bonds is 1. The van der Waals surface area contributed by atoms with Crippen LogP contribution in [0.2, 0.25) is 0 Å². The highest BCUT2D eigenvalue weighted by Gasteiger charge is 2.34. The maximum absolute atomic E-state index is 2.48. The van der Waals surface area contributed by atoms with E-state index in [-0.39, 0.29) is 36.1 Å². The molecule has 0 aliphatic rings. The smallest absolute Gasteiger partial charge is 0.00883 e. The second-order valence-corrected chi connectivity index (χ2v) is 17.4. The van der Waals surface area contributed by atoms with E-state index >= 15 is 0 Å². The molecule has 2 heterocycles. The molecule has 0 aliphatic heterocycles. The first-order chi connectivity index (χ1) is 11.5. The first kappa shape index (κ1) is 21.9. The first-order valence-electron chi connectivity index (χ1n) is 9.92. The molecule has 0 fully saturated rings. The summed E-state index contributed by atoms with van der Waals surface area (Å²) >= 11 is 0. The zero-order valence-electron chi connectivity index (χ0n) is 19.2. The van der Waals surface area contributed by atoms with Crippen LogP contribution in [-0.2, 0) is 21.7 Å². The van der Waals surface area contributed by atoms with Gasteiger partial charge in [-0.3, -0.25) is 0 Å². The Morgan fingerprint density at radius 1 is 0.385 bits per heavy atom. The van der Waals surface area contributed by atoms with Crippen LogP contribution in [-0.4, -0.2) is 0 Å².